The van der Waals surface area contributed by atoms with E-state index in [0.717, 1.165) is 25.7 Å². The van der Waals surface area contributed by atoms with Gasteiger partial charge in [0.1, 0.15) is 0 Å². The summed E-state index contributed by atoms with van der Waals surface area (Å²) in [5, 5.41) is 4.25. The zero-order chi connectivity index (χ0) is 17.2. The minimum Gasteiger partial charge on any atom is -0.270 e. The second-order valence-corrected chi connectivity index (χ2v) is 11.1. The van der Waals surface area contributed by atoms with Crippen molar-refractivity contribution in [1.82, 2.24) is 14.5 Å². The lowest BCUT2D eigenvalue weighted by molar-refractivity contribution is 0.293. The van der Waals surface area contributed by atoms with Crippen LogP contribution in [0.25, 0.3) is 0 Å². The van der Waals surface area contributed by atoms with Gasteiger partial charge in [0.2, 0.25) is 10.0 Å². The predicted molar refractivity (Wildman–Crippen MR) is 91.8 cm³/mol. The van der Waals surface area contributed by atoms with Crippen LogP contribution < -0.4 is 4.72 Å². The zero-order valence-corrected chi connectivity index (χ0v) is 15.3. The highest BCUT2D eigenvalue weighted by Gasteiger charge is 2.30. The molecule has 1 aliphatic carbocycles. The maximum absolute atomic E-state index is 12.2. The Kier molecular flexibility index (Phi) is 5.31. The van der Waals surface area contributed by atoms with Gasteiger partial charge in [0.25, 0.3) is 0 Å². The van der Waals surface area contributed by atoms with Gasteiger partial charge >= 0.3 is 0 Å². The summed E-state index contributed by atoms with van der Waals surface area (Å²) in [7, 11) is -6.29. The smallest absolute Gasteiger partial charge is 0.211 e. The van der Waals surface area contributed by atoms with Crippen LogP contribution in [0, 0.1) is 5.92 Å². The number of aromatic nitrogens is 2. The maximum atomic E-state index is 12.2. The Morgan fingerprint density at radius 1 is 1.17 bits per heavy atom. The molecule has 1 N–H and O–H groups in total. The Balaban J connectivity index is 1.44. The Morgan fingerprint density at radius 3 is 2.50 bits per heavy atom. The van der Waals surface area contributed by atoms with Crippen molar-refractivity contribution >= 4 is 19.9 Å². The third kappa shape index (κ3) is 4.80. The summed E-state index contributed by atoms with van der Waals surface area (Å²) >= 11 is 0. The Labute approximate surface area is 143 Å². The van der Waals surface area contributed by atoms with Crippen LogP contribution in [-0.4, -0.2) is 49.9 Å². The number of nitrogens with one attached hydrogen (secondary N) is 1. The van der Waals surface area contributed by atoms with E-state index in [9.17, 15) is 16.8 Å². The molecule has 1 saturated carbocycles. The third-order valence-electron chi connectivity index (χ3n) is 5.06. The van der Waals surface area contributed by atoms with Gasteiger partial charge in [0.15, 0.2) is 9.84 Å². The lowest BCUT2D eigenvalue weighted by Gasteiger charge is -2.29. The Bertz CT molecular complexity index is 736. The topological polar surface area (TPSA) is 98.1 Å². The monoisotopic (exact) mass is 375 g/mol. The van der Waals surface area contributed by atoms with Crippen LogP contribution >= 0.6 is 0 Å². The minimum atomic E-state index is -3.34. The van der Waals surface area contributed by atoms with E-state index in [1.807, 2.05) is 16.9 Å². The van der Waals surface area contributed by atoms with Crippen molar-refractivity contribution in [2.24, 2.45) is 5.92 Å². The summed E-state index contributed by atoms with van der Waals surface area (Å²) < 4.78 is 52.1. The van der Waals surface area contributed by atoms with Crippen molar-refractivity contribution in [2.75, 3.05) is 17.3 Å². The molecule has 0 aromatic carbocycles. The first-order valence-electron chi connectivity index (χ1n) is 8.52. The second-order valence-electron chi connectivity index (χ2n) is 6.99. The fourth-order valence-electron chi connectivity index (χ4n) is 3.69. The fourth-order valence-corrected chi connectivity index (χ4v) is 7.10. The third-order valence-corrected chi connectivity index (χ3v) is 8.37. The number of sulfone groups is 1. The van der Waals surface area contributed by atoms with Crippen molar-refractivity contribution in [2.45, 2.75) is 50.6 Å². The maximum Gasteiger partial charge on any atom is 0.211 e. The molecule has 136 valence electrons. The molecule has 2 heterocycles. The van der Waals surface area contributed by atoms with Crippen LogP contribution in [0.3, 0.4) is 0 Å². The first-order chi connectivity index (χ1) is 11.3. The average Bonchev–Trinajstić information content (AvgIpc) is 3.15. The van der Waals surface area contributed by atoms with Crippen molar-refractivity contribution in [1.29, 1.82) is 0 Å². The van der Waals surface area contributed by atoms with Crippen molar-refractivity contribution < 1.29 is 16.8 Å². The van der Waals surface area contributed by atoms with Gasteiger partial charge < -0.3 is 0 Å². The van der Waals surface area contributed by atoms with Gasteiger partial charge in [-0.15, -0.1) is 0 Å². The number of hydrogen-bond donors (Lipinski definition) is 1. The van der Waals surface area contributed by atoms with Crippen LogP contribution in [0.2, 0.25) is 0 Å². The molecule has 24 heavy (non-hydrogen) atoms. The summed E-state index contributed by atoms with van der Waals surface area (Å²) in [6, 6.07) is 2.23. The zero-order valence-electron chi connectivity index (χ0n) is 13.7. The normalized spacial score (nSPS) is 30.4. The predicted octanol–water partition coefficient (Wildman–Crippen LogP) is 1.11. The fraction of sp³-hybridized carbons (Fsp3) is 0.800. The lowest BCUT2D eigenvalue weighted by Crippen LogP contribution is -2.39. The van der Waals surface area contributed by atoms with Gasteiger partial charge in [-0.05, 0) is 50.5 Å². The highest BCUT2D eigenvalue weighted by atomic mass is 32.2. The van der Waals surface area contributed by atoms with Crippen LogP contribution in [-0.2, 0) is 19.9 Å². The van der Waals surface area contributed by atoms with Crippen LogP contribution in [0.1, 0.15) is 44.6 Å². The van der Waals surface area contributed by atoms with Gasteiger partial charge in [-0.1, -0.05) is 0 Å². The first-order valence-corrected chi connectivity index (χ1v) is 12.0. The molecule has 1 atom stereocenters. The van der Waals surface area contributed by atoms with Crippen LogP contribution in [0.5, 0.6) is 0 Å². The van der Waals surface area contributed by atoms with E-state index in [2.05, 4.69) is 9.82 Å². The van der Waals surface area contributed by atoms with Crippen molar-refractivity contribution in [3.8, 4) is 0 Å². The van der Waals surface area contributed by atoms with E-state index in [1.54, 1.807) is 6.20 Å². The summed E-state index contributed by atoms with van der Waals surface area (Å²) in [4.78, 5) is 0. The number of nitrogens with zero attached hydrogens (tertiary/aromatic N) is 2. The Morgan fingerprint density at radius 2 is 1.92 bits per heavy atom. The molecule has 0 bridgehead atoms. The van der Waals surface area contributed by atoms with E-state index in [-0.39, 0.29) is 29.2 Å². The minimum absolute atomic E-state index is 0.0119. The quantitative estimate of drug-likeness (QED) is 0.803. The molecule has 0 amide bonds. The first kappa shape index (κ1) is 17.9. The number of rotatable bonds is 6. The number of sulfonamides is 1. The number of hydrogen-bond acceptors (Lipinski definition) is 5. The summed E-state index contributed by atoms with van der Waals surface area (Å²) in [6.45, 7) is 0. The molecular formula is C15H25N3O4S2. The summed E-state index contributed by atoms with van der Waals surface area (Å²) in [5.41, 5.74) is 0. The molecule has 7 nitrogen and oxygen atoms in total. The molecule has 9 heteroatoms. The van der Waals surface area contributed by atoms with Gasteiger partial charge in [-0.2, -0.15) is 5.10 Å². The van der Waals surface area contributed by atoms with E-state index >= 15 is 0 Å². The van der Waals surface area contributed by atoms with E-state index in [4.69, 9.17) is 0 Å². The van der Waals surface area contributed by atoms with Gasteiger partial charge in [-0.3, -0.25) is 4.68 Å². The molecule has 2 fully saturated rings. The molecule has 1 aliphatic heterocycles. The Hall–Kier alpha value is -0.930. The van der Waals surface area contributed by atoms with Crippen molar-refractivity contribution in [3.63, 3.8) is 0 Å². The lowest BCUT2D eigenvalue weighted by atomic mass is 9.92. The van der Waals surface area contributed by atoms with Crippen LogP contribution in [0.15, 0.2) is 18.5 Å². The summed E-state index contributed by atoms with van der Waals surface area (Å²) in [6.07, 6.45) is 8.17. The molecule has 3 rings (SSSR count). The highest BCUT2D eigenvalue weighted by Crippen LogP contribution is 2.28. The summed E-state index contributed by atoms with van der Waals surface area (Å²) in [5.74, 6) is 0.342. The van der Waals surface area contributed by atoms with E-state index in [1.165, 1.54) is 0 Å². The van der Waals surface area contributed by atoms with Gasteiger partial charge in [0, 0.05) is 18.4 Å². The molecule has 1 aromatic rings. The van der Waals surface area contributed by atoms with E-state index in [0.29, 0.717) is 18.9 Å². The second kappa shape index (κ2) is 7.13. The van der Waals surface area contributed by atoms with Gasteiger partial charge in [-0.25, -0.2) is 21.6 Å². The molecular weight excluding hydrogens is 350 g/mol. The van der Waals surface area contributed by atoms with Crippen LogP contribution in [0.4, 0.5) is 0 Å². The standard InChI is InChI=1S/C15H25N3O4S2/c19-23(20)10-6-13(12-23)7-11-24(21,22)17-14-2-4-15(5-3-14)18-9-1-8-16-18/h1,8-9,13-15,17H,2-7,10-12H2. The molecule has 0 radical (unpaired) electrons. The van der Waals surface area contributed by atoms with E-state index < -0.39 is 19.9 Å². The van der Waals surface area contributed by atoms with Crippen molar-refractivity contribution in [3.05, 3.63) is 18.5 Å². The molecule has 2 aliphatic rings. The molecule has 1 unspecified atom stereocenters. The SMILES string of the molecule is O=S1(=O)CCC(CCS(=O)(=O)NC2CCC(n3cccn3)CC2)C1. The largest absolute Gasteiger partial charge is 0.270 e. The molecule has 0 spiro atoms. The average molecular weight is 376 g/mol. The van der Waals surface area contributed by atoms with Gasteiger partial charge in [0.05, 0.1) is 23.3 Å². The molecule has 1 saturated heterocycles. The molecule has 1 aromatic heterocycles. The highest BCUT2D eigenvalue weighted by molar-refractivity contribution is 7.91.